The van der Waals surface area contributed by atoms with Gasteiger partial charge in [-0.25, -0.2) is 14.3 Å². The summed E-state index contributed by atoms with van der Waals surface area (Å²) < 4.78 is 37.3. The fourth-order valence-electron chi connectivity index (χ4n) is 3.61. The summed E-state index contributed by atoms with van der Waals surface area (Å²) in [5.41, 5.74) is 0.925. The molecule has 1 unspecified atom stereocenters. The Morgan fingerprint density at radius 1 is 1.14 bits per heavy atom. The molecule has 29 heavy (non-hydrogen) atoms. The van der Waals surface area contributed by atoms with Crippen LogP contribution in [0.5, 0.6) is 0 Å². The Bertz CT molecular complexity index is 698. The number of hydrogen-bond donors (Lipinski definition) is 0. The third-order valence-electron chi connectivity index (χ3n) is 4.60. The SMILES string of the molecule is CCOC(=O)C(OP(=O)(OC(C)C)OC(C)C)c1ncc(C)n1C1CCCCC1. The first-order valence-corrected chi connectivity index (χ1v) is 12.0. The number of hydrogen-bond acceptors (Lipinski definition) is 7. The van der Waals surface area contributed by atoms with Gasteiger partial charge in [-0.2, -0.15) is 0 Å². The molecule has 1 aliphatic carbocycles. The second-order valence-corrected chi connectivity index (χ2v) is 9.44. The fraction of sp³-hybridized carbons (Fsp3) is 0.800. The molecule has 2 rings (SSSR count). The number of nitrogens with zero attached hydrogens (tertiary/aromatic N) is 2. The van der Waals surface area contributed by atoms with Crippen LogP contribution in [0.2, 0.25) is 0 Å². The smallest absolute Gasteiger partial charge is 0.464 e. The molecular weight excluding hydrogens is 395 g/mol. The standard InChI is InChI=1S/C20H35N2O6P/c1-7-25-20(23)18(28-29(24,26-14(2)3)27-15(4)5)19-21-13-16(6)22(19)17-11-9-8-10-12-17/h13-15,17-18H,7-12H2,1-6H3. The van der Waals surface area contributed by atoms with Crippen molar-refractivity contribution in [1.29, 1.82) is 0 Å². The first kappa shape index (κ1) is 24.1. The molecule has 1 aliphatic rings. The van der Waals surface area contributed by atoms with Gasteiger partial charge in [-0.15, -0.1) is 0 Å². The Morgan fingerprint density at radius 2 is 1.72 bits per heavy atom. The van der Waals surface area contributed by atoms with E-state index in [2.05, 4.69) is 4.98 Å². The minimum Gasteiger partial charge on any atom is -0.464 e. The van der Waals surface area contributed by atoms with E-state index in [0.717, 1.165) is 31.4 Å². The number of carbonyl (C=O) groups is 1. The highest BCUT2D eigenvalue weighted by atomic mass is 31.2. The predicted molar refractivity (Wildman–Crippen MR) is 110 cm³/mol. The van der Waals surface area contributed by atoms with Crippen LogP contribution in [0.4, 0.5) is 0 Å². The third-order valence-corrected chi connectivity index (χ3v) is 6.43. The lowest BCUT2D eigenvalue weighted by atomic mass is 9.95. The van der Waals surface area contributed by atoms with Gasteiger partial charge in [0.2, 0.25) is 6.10 Å². The molecule has 1 fully saturated rings. The Hall–Kier alpha value is -1.21. The highest BCUT2D eigenvalue weighted by Gasteiger charge is 2.41. The Balaban J connectivity index is 2.43. The molecule has 0 radical (unpaired) electrons. The van der Waals surface area contributed by atoms with Crippen LogP contribution in [0.15, 0.2) is 6.20 Å². The molecule has 9 heteroatoms. The minimum atomic E-state index is -4.04. The van der Waals surface area contributed by atoms with Gasteiger partial charge in [-0.3, -0.25) is 13.6 Å². The van der Waals surface area contributed by atoms with E-state index in [-0.39, 0.29) is 12.6 Å². The zero-order valence-electron chi connectivity index (χ0n) is 18.4. The van der Waals surface area contributed by atoms with Crippen LogP contribution in [-0.2, 0) is 27.7 Å². The summed E-state index contributed by atoms with van der Waals surface area (Å²) in [5, 5.41) is 0. The van der Waals surface area contributed by atoms with Crippen molar-refractivity contribution >= 4 is 13.8 Å². The number of esters is 1. The molecule has 0 bridgehead atoms. The summed E-state index contributed by atoms with van der Waals surface area (Å²) in [5.74, 6) is -0.275. The number of imidazole rings is 1. The number of phosphoric ester groups is 1. The summed E-state index contributed by atoms with van der Waals surface area (Å²) in [6, 6.07) is 0.221. The van der Waals surface area contributed by atoms with E-state index in [1.54, 1.807) is 40.8 Å². The lowest BCUT2D eigenvalue weighted by molar-refractivity contribution is -0.154. The highest BCUT2D eigenvalue weighted by molar-refractivity contribution is 7.48. The van der Waals surface area contributed by atoms with Crippen LogP contribution in [0.25, 0.3) is 0 Å². The minimum absolute atomic E-state index is 0.169. The fourth-order valence-corrected chi connectivity index (χ4v) is 5.23. The first-order valence-electron chi connectivity index (χ1n) is 10.5. The molecule has 0 aromatic carbocycles. The predicted octanol–water partition coefficient (Wildman–Crippen LogP) is 5.28. The van der Waals surface area contributed by atoms with Crippen molar-refractivity contribution in [2.45, 2.75) is 98.0 Å². The number of aromatic nitrogens is 2. The molecule has 0 amide bonds. The lowest BCUT2D eigenvalue weighted by Crippen LogP contribution is -2.26. The number of phosphoric acid groups is 1. The Labute approximate surface area is 173 Å². The molecular formula is C20H35N2O6P. The van der Waals surface area contributed by atoms with Gasteiger partial charge in [0.1, 0.15) is 0 Å². The number of ether oxygens (including phenoxy) is 1. The summed E-state index contributed by atoms with van der Waals surface area (Å²) in [6.07, 6.45) is 5.04. The van der Waals surface area contributed by atoms with Crippen molar-refractivity contribution < 1.29 is 27.7 Å². The van der Waals surface area contributed by atoms with Crippen molar-refractivity contribution in [2.24, 2.45) is 0 Å². The quantitative estimate of drug-likeness (QED) is 0.369. The van der Waals surface area contributed by atoms with Crippen molar-refractivity contribution in [3.63, 3.8) is 0 Å². The largest absolute Gasteiger partial charge is 0.476 e. The van der Waals surface area contributed by atoms with E-state index < -0.39 is 32.1 Å². The maximum Gasteiger partial charge on any atom is 0.476 e. The monoisotopic (exact) mass is 430 g/mol. The van der Waals surface area contributed by atoms with Gasteiger partial charge in [-0.1, -0.05) is 19.3 Å². The summed E-state index contributed by atoms with van der Waals surface area (Å²) in [6.45, 7) is 10.7. The van der Waals surface area contributed by atoms with Crippen molar-refractivity contribution in [3.8, 4) is 0 Å². The molecule has 8 nitrogen and oxygen atoms in total. The van der Waals surface area contributed by atoms with Crippen LogP contribution < -0.4 is 0 Å². The molecule has 1 atom stereocenters. The summed E-state index contributed by atoms with van der Waals surface area (Å²) >= 11 is 0. The number of aryl methyl sites for hydroxylation is 1. The van der Waals surface area contributed by atoms with Crippen LogP contribution in [0.3, 0.4) is 0 Å². The van der Waals surface area contributed by atoms with E-state index in [1.165, 1.54) is 6.42 Å². The molecule has 1 heterocycles. The molecule has 0 N–H and O–H groups in total. The molecule has 166 valence electrons. The van der Waals surface area contributed by atoms with Crippen LogP contribution >= 0.6 is 7.82 Å². The average molecular weight is 430 g/mol. The highest BCUT2D eigenvalue weighted by Crippen LogP contribution is 2.55. The lowest BCUT2D eigenvalue weighted by Gasteiger charge is -2.29. The summed E-state index contributed by atoms with van der Waals surface area (Å²) in [7, 11) is -4.04. The van der Waals surface area contributed by atoms with Crippen LogP contribution in [0.1, 0.15) is 90.4 Å². The number of rotatable bonds is 10. The molecule has 0 spiro atoms. The van der Waals surface area contributed by atoms with Gasteiger partial charge >= 0.3 is 13.8 Å². The zero-order chi connectivity index (χ0) is 21.6. The maximum absolute atomic E-state index is 13.3. The van der Waals surface area contributed by atoms with Crippen LogP contribution in [0, 0.1) is 6.92 Å². The van der Waals surface area contributed by atoms with E-state index in [4.69, 9.17) is 18.3 Å². The molecule has 1 aromatic rings. The van der Waals surface area contributed by atoms with Gasteiger partial charge in [-0.05, 0) is 54.4 Å². The van der Waals surface area contributed by atoms with E-state index >= 15 is 0 Å². The Morgan fingerprint density at radius 3 is 2.24 bits per heavy atom. The number of carbonyl (C=O) groups excluding carboxylic acids is 1. The van der Waals surface area contributed by atoms with Gasteiger partial charge in [0, 0.05) is 17.9 Å². The van der Waals surface area contributed by atoms with Gasteiger partial charge < -0.3 is 9.30 Å². The van der Waals surface area contributed by atoms with Gasteiger partial charge in [0.25, 0.3) is 0 Å². The van der Waals surface area contributed by atoms with E-state index in [1.807, 2.05) is 11.5 Å². The summed E-state index contributed by atoms with van der Waals surface area (Å²) in [4.78, 5) is 17.2. The van der Waals surface area contributed by atoms with Crippen molar-refractivity contribution in [3.05, 3.63) is 17.7 Å². The molecule has 1 saturated carbocycles. The second kappa shape index (κ2) is 10.7. The first-order chi connectivity index (χ1) is 13.7. The topological polar surface area (TPSA) is 88.9 Å². The average Bonchev–Trinajstić information content (AvgIpc) is 3.00. The van der Waals surface area contributed by atoms with E-state index in [9.17, 15) is 9.36 Å². The Kier molecular flexibility index (Phi) is 8.89. The molecule has 0 aliphatic heterocycles. The van der Waals surface area contributed by atoms with Crippen molar-refractivity contribution in [2.75, 3.05) is 6.61 Å². The maximum atomic E-state index is 13.3. The van der Waals surface area contributed by atoms with Crippen LogP contribution in [-0.4, -0.2) is 34.3 Å². The third kappa shape index (κ3) is 6.64. The van der Waals surface area contributed by atoms with Gasteiger partial charge in [0.15, 0.2) is 5.82 Å². The van der Waals surface area contributed by atoms with E-state index in [0.29, 0.717) is 5.82 Å². The molecule has 0 saturated heterocycles. The van der Waals surface area contributed by atoms with Crippen molar-refractivity contribution in [1.82, 2.24) is 9.55 Å². The second-order valence-electron chi connectivity index (χ2n) is 7.91. The van der Waals surface area contributed by atoms with Gasteiger partial charge in [0.05, 0.1) is 18.8 Å². The molecule has 1 aromatic heterocycles. The zero-order valence-corrected chi connectivity index (χ0v) is 19.3. The normalized spacial score (nSPS) is 17.1.